The maximum absolute atomic E-state index is 11.9. The van der Waals surface area contributed by atoms with Crippen molar-refractivity contribution in [3.05, 3.63) is 24.3 Å². The second-order valence-electron chi connectivity index (χ2n) is 5.05. The van der Waals surface area contributed by atoms with Crippen LogP contribution in [-0.4, -0.2) is 38.5 Å². The van der Waals surface area contributed by atoms with Gasteiger partial charge in [-0.05, 0) is 50.5 Å². The lowest BCUT2D eigenvalue weighted by Crippen LogP contribution is -2.31. The number of benzene rings is 1. The second kappa shape index (κ2) is 7.88. The van der Waals surface area contributed by atoms with Crippen LogP contribution >= 0.6 is 0 Å². The summed E-state index contributed by atoms with van der Waals surface area (Å²) in [5.41, 5.74) is 0. The van der Waals surface area contributed by atoms with E-state index >= 15 is 0 Å². The first kappa shape index (κ1) is 15.6. The van der Waals surface area contributed by atoms with E-state index in [1.165, 1.54) is 0 Å². The van der Waals surface area contributed by atoms with Gasteiger partial charge in [-0.3, -0.25) is 0 Å². The Hall–Kier alpha value is -1.75. The van der Waals surface area contributed by atoms with Crippen LogP contribution in [-0.2, 0) is 14.3 Å². The highest BCUT2D eigenvalue weighted by atomic mass is 16.6. The van der Waals surface area contributed by atoms with Gasteiger partial charge in [-0.1, -0.05) is 0 Å². The molecule has 0 radical (unpaired) electrons. The fraction of sp³-hybridized carbons (Fsp3) is 0.562. The van der Waals surface area contributed by atoms with Crippen LogP contribution in [0.5, 0.6) is 11.5 Å². The van der Waals surface area contributed by atoms with Crippen LogP contribution < -0.4 is 9.47 Å². The number of esters is 1. The minimum Gasteiger partial charge on any atom is -0.497 e. The summed E-state index contributed by atoms with van der Waals surface area (Å²) in [4.78, 5) is 11.9. The molecule has 0 aromatic heterocycles. The molecule has 1 saturated heterocycles. The molecule has 0 spiro atoms. The van der Waals surface area contributed by atoms with Crippen molar-refractivity contribution in [1.29, 1.82) is 0 Å². The summed E-state index contributed by atoms with van der Waals surface area (Å²) < 4.78 is 21.4. The molecule has 1 aliphatic heterocycles. The van der Waals surface area contributed by atoms with Crippen molar-refractivity contribution < 1.29 is 23.7 Å². The van der Waals surface area contributed by atoms with Crippen LogP contribution in [0.4, 0.5) is 0 Å². The van der Waals surface area contributed by atoms with Crippen LogP contribution in [0.2, 0.25) is 0 Å². The first-order valence-corrected chi connectivity index (χ1v) is 7.28. The van der Waals surface area contributed by atoms with Gasteiger partial charge in [0.25, 0.3) is 0 Å². The quantitative estimate of drug-likeness (QED) is 0.755. The van der Waals surface area contributed by atoms with Crippen molar-refractivity contribution in [2.45, 2.75) is 38.4 Å². The Morgan fingerprint density at radius 3 is 2.62 bits per heavy atom. The number of rotatable bonds is 6. The Bertz CT molecular complexity index is 436. The molecule has 2 unspecified atom stereocenters. The van der Waals surface area contributed by atoms with E-state index in [2.05, 4.69) is 0 Å². The highest BCUT2D eigenvalue weighted by molar-refractivity contribution is 5.74. The van der Waals surface area contributed by atoms with E-state index in [1.807, 2.05) is 0 Å². The predicted molar refractivity (Wildman–Crippen MR) is 77.6 cm³/mol. The van der Waals surface area contributed by atoms with E-state index in [0.29, 0.717) is 12.4 Å². The topological polar surface area (TPSA) is 54.0 Å². The standard InChI is InChI=1S/C16H22O5/c1-12(21-14-8-6-13(18-2)7-9-14)16(17)20-11-15-5-3-4-10-19-15/h6-9,12,15H,3-5,10-11H2,1-2H3. The summed E-state index contributed by atoms with van der Waals surface area (Å²) in [5, 5.41) is 0. The van der Waals surface area contributed by atoms with Gasteiger partial charge in [-0.25, -0.2) is 4.79 Å². The SMILES string of the molecule is COc1ccc(OC(C)C(=O)OCC2CCCCO2)cc1. The van der Waals surface area contributed by atoms with Gasteiger partial charge >= 0.3 is 5.97 Å². The zero-order valence-electron chi connectivity index (χ0n) is 12.5. The molecule has 5 nitrogen and oxygen atoms in total. The Labute approximate surface area is 125 Å². The van der Waals surface area contributed by atoms with Crippen molar-refractivity contribution in [2.24, 2.45) is 0 Å². The van der Waals surface area contributed by atoms with Gasteiger partial charge in [0.15, 0.2) is 6.10 Å². The average Bonchev–Trinajstić information content (AvgIpc) is 2.54. The summed E-state index contributed by atoms with van der Waals surface area (Å²) in [6, 6.07) is 7.08. The Morgan fingerprint density at radius 1 is 1.29 bits per heavy atom. The minimum absolute atomic E-state index is 0.0240. The van der Waals surface area contributed by atoms with Gasteiger partial charge in [-0.2, -0.15) is 0 Å². The molecule has 116 valence electrons. The fourth-order valence-corrected chi connectivity index (χ4v) is 2.14. The maximum Gasteiger partial charge on any atom is 0.347 e. The molecule has 1 fully saturated rings. The summed E-state index contributed by atoms with van der Waals surface area (Å²) in [6.07, 6.45) is 2.53. The van der Waals surface area contributed by atoms with E-state index in [9.17, 15) is 4.79 Å². The highest BCUT2D eigenvalue weighted by Crippen LogP contribution is 2.18. The van der Waals surface area contributed by atoms with E-state index in [0.717, 1.165) is 31.6 Å². The third-order valence-corrected chi connectivity index (χ3v) is 3.39. The zero-order chi connectivity index (χ0) is 15.1. The van der Waals surface area contributed by atoms with Crippen molar-refractivity contribution in [3.8, 4) is 11.5 Å². The van der Waals surface area contributed by atoms with Crippen LogP contribution in [0, 0.1) is 0 Å². The number of carbonyl (C=O) groups excluding carboxylic acids is 1. The largest absolute Gasteiger partial charge is 0.497 e. The van der Waals surface area contributed by atoms with Gasteiger partial charge in [-0.15, -0.1) is 0 Å². The van der Waals surface area contributed by atoms with Gasteiger partial charge in [0.05, 0.1) is 13.2 Å². The molecular formula is C16H22O5. The van der Waals surface area contributed by atoms with E-state index in [-0.39, 0.29) is 12.1 Å². The van der Waals surface area contributed by atoms with Gasteiger partial charge in [0.1, 0.15) is 18.1 Å². The summed E-state index contributed by atoms with van der Waals surface area (Å²) in [7, 11) is 1.60. The molecule has 21 heavy (non-hydrogen) atoms. The molecule has 5 heteroatoms. The van der Waals surface area contributed by atoms with Crippen LogP contribution in [0.15, 0.2) is 24.3 Å². The van der Waals surface area contributed by atoms with Gasteiger partial charge in [0, 0.05) is 6.61 Å². The smallest absolute Gasteiger partial charge is 0.347 e. The number of carbonyl (C=O) groups is 1. The van der Waals surface area contributed by atoms with Crippen LogP contribution in [0.25, 0.3) is 0 Å². The number of ether oxygens (including phenoxy) is 4. The van der Waals surface area contributed by atoms with E-state index < -0.39 is 6.10 Å². The molecular weight excluding hydrogens is 272 g/mol. The van der Waals surface area contributed by atoms with Crippen LogP contribution in [0.1, 0.15) is 26.2 Å². The van der Waals surface area contributed by atoms with Crippen molar-refractivity contribution in [2.75, 3.05) is 20.3 Å². The molecule has 0 N–H and O–H groups in total. The van der Waals surface area contributed by atoms with E-state index in [4.69, 9.17) is 18.9 Å². The molecule has 0 bridgehead atoms. The first-order chi connectivity index (χ1) is 10.2. The second-order valence-corrected chi connectivity index (χ2v) is 5.05. The third kappa shape index (κ3) is 4.93. The lowest BCUT2D eigenvalue weighted by molar-refractivity contribution is -0.156. The number of hydrogen-bond acceptors (Lipinski definition) is 5. The van der Waals surface area contributed by atoms with Gasteiger partial charge < -0.3 is 18.9 Å². The van der Waals surface area contributed by atoms with Crippen LogP contribution in [0.3, 0.4) is 0 Å². The number of methoxy groups -OCH3 is 1. The molecule has 0 amide bonds. The van der Waals surface area contributed by atoms with E-state index in [1.54, 1.807) is 38.3 Å². The first-order valence-electron chi connectivity index (χ1n) is 7.28. The van der Waals surface area contributed by atoms with Crippen molar-refractivity contribution >= 4 is 5.97 Å². The third-order valence-electron chi connectivity index (χ3n) is 3.39. The zero-order valence-corrected chi connectivity index (χ0v) is 12.5. The lowest BCUT2D eigenvalue weighted by Gasteiger charge is -2.23. The average molecular weight is 294 g/mol. The highest BCUT2D eigenvalue weighted by Gasteiger charge is 2.20. The van der Waals surface area contributed by atoms with Gasteiger partial charge in [0.2, 0.25) is 0 Å². The summed E-state index contributed by atoms with van der Waals surface area (Å²) in [6.45, 7) is 2.73. The monoisotopic (exact) mass is 294 g/mol. The number of hydrogen-bond donors (Lipinski definition) is 0. The predicted octanol–water partition coefficient (Wildman–Crippen LogP) is 2.57. The molecule has 0 aliphatic carbocycles. The maximum atomic E-state index is 11.9. The molecule has 1 heterocycles. The molecule has 0 saturated carbocycles. The Kier molecular flexibility index (Phi) is 5.87. The molecule has 1 aromatic carbocycles. The molecule has 2 atom stereocenters. The molecule has 1 aromatic rings. The molecule has 1 aliphatic rings. The Balaban J connectivity index is 1.75. The lowest BCUT2D eigenvalue weighted by atomic mass is 10.1. The Morgan fingerprint density at radius 2 is 2.00 bits per heavy atom. The normalized spacial score (nSPS) is 19.6. The van der Waals surface area contributed by atoms with Crippen molar-refractivity contribution in [1.82, 2.24) is 0 Å². The summed E-state index contributed by atoms with van der Waals surface area (Å²) in [5.74, 6) is 0.973. The van der Waals surface area contributed by atoms with Crippen molar-refractivity contribution in [3.63, 3.8) is 0 Å². The fourth-order valence-electron chi connectivity index (χ4n) is 2.14. The summed E-state index contributed by atoms with van der Waals surface area (Å²) >= 11 is 0. The molecule has 2 rings (SSSR count). The minimum atomic E-state index is -0.651.